The Hall–Kier alpha value is -2.14. The fourth-order valence-electron chi connectivity index (χ4n) is 1.85. The number of rotatable bonds is 4. The van der Waals surface area contributed by atoms with Gasteiger partial charge in [0.25, 0.3) is 0 Å². The first-order valence-electron chi connectivity index (χ1n) is 6.05. The molecule has 3 N–H and O–H groups in total. The summed E-state index contributed by atoms with van der Waals surface area (Å²) in [7, 11) is 0. The van der Waals surface area contributed by atoms with Crippen LogP contribution >= 0.6 is 0 Å². The van der Waals surface area contributed by atoms with E-state index in [-0.39, 0.29) is 12.4 Å². The second-order valence-corrected chi connectivity index (χ2v) is 4.40. The minimum Gasteiger partial charge on any atom is -0.506 e. The van der Waals surface area contributed by atoms with E-state index in [0.717, 1.165) is 11.3 Å². The Morgan fingerprint density at radius 3 is 2.74 bits per heavy atom. The van der Waals surface area contributed by atoms with Crippen LogP contribution in [-0.4, -0.2) is 20.2 Å². The van der Waals surface area contributed by atoms with E-state index in [2.05, 4.69) is 15.3 Å². The summed E-state index contributed by atoms with van der Waals surface area (Å²) in [5.41, 5.74) is 3.82. The largest absolute Gasteiger partial charge is 0.506 e. The molecule has 100 valence electrons. The number of hydrogen-bond acceptors (Lipinski definition) is 5. The van der Waals surface area contributed by atoms with Gasteiger partial charge in [0.15, 0.2) is 0 Å². The lowest BCUT2D eigenvalue weighted by atomic mass is 10.1. The van der Waals surface area contributed by atoms with Crippen molar-refractivity contribution in [3.63, 3.8) is 0 Å². The lowest BCUT2D eigenvalue weighted by molar-refractivity contribution is 0.279. The summed E-state index contributed by atoms with van der Waals surface area (Å²) in [6, 6.07) is 1.91. The maximum Gasteiger partial charge on any atom is 0.142 e. The summed E-state index contributed by atoms with van der Waals surface area (Å²) >= 11 is 0. The van der Waals surface area contributed by atoms with Crippen LogP contribution in [-0.2, 0) is 13.2 Å². The van der Waals surface area contributed by atoms with Gasteiger partial charge in [-0.25, -0.2) is 0 Å². The maximum absolute atomic E-state index is 10.0. The molecule has 0 atom stereocenters. The van der Waals surface area contributed by atoms with Crippen molar-refractivity contribution in [1.82, 2.24) is 9.97 Å². The Morgan fingerprint density at radius 1 is 1.26 bits per heavy atom. The average molecular weight is 259 g/mol. The molecule has 5 nitrogen and oxygen atoms in total. The van der Waals surface area contributed by atoms with Crippen molar-refractivity contribution in [3.05, 3.63) is 47.0 Å². The van der Waals surface area contributed by atoms with E-state index in [4.69, 9.17) is 0 Å². The molecule has 0 saturated carbocycles. The van der Waals surface area contributed by atoms with Crippen LogP contribution in [0.1, 0.15) is 22.4 Å². The van der Waals surface area contributed by atoms with Gasteiger partial charge in [-0.2, -0.15) is 0 Å². The second-order valence-electron chi connectivity index (χ2n) is 4.40. The number of anilines is 1. The molecule has 0 radical (unpaired) electrons. The minimum atomic E-state index is -0.149. The van der Waals surface area contributed by atoms with Crippen molar-refractivity contribution >= 4 is 5.69 Å². The summed E-state index contributed by atoms with van der Waals surface area (Å²) in [5.74, 6) is 0.126. The normalized spacial score (nSPS) is 10.5. The molecular formula is C14H17N3O2. The smallest absolute Gasteiger partial charge is 0.142 e. The molecule has 0 aromatic carbocycles. The van der Waals surface area contributed by atoms with Gasteiger partial charge in [0.05, 0.1) is 24.2 Å². The lowest BCUT2D eigenvalue weighted by Gasteiger charge is -2.14. The lowest BCUT2D eigenvalue weighted by Crippen LogP contribution is -2.06. The third-order valence-electron chi connectivity index (χ3n) is 3.10. The Bertz CT molecular complexity index is 585. The van der Waals surface area contributed by atoms with Crippen molar-refractivity contribution < 1.29 is 10.2 Å². The molecule has 0 aliphatic rings. The van der Waals surface area contributed by atoms with Gasteiger partial charge in [0.2, 0.25) is 0 Å². The number of aromatic nitrogens is 2. The minimum absolute atomic E-state index is 0.126. The highest BCUT2D eigenvalue weighted by Gasteiger charge is 2.11. The number of pyridine rings is 2. The van der Waals surface area contributed by atoms with E-state index < -0.39 is 0 Å². The van der Waals surface area contributed by atoms with Gasteiger partial charge in [0.1, 0.15) is 5.75 Å². The number of aliphatic hydroxyl groups excluding tert-OH is 1. The van der Waals surface area contributed by atoms with E-state index in [1.807, 2.05) is 13.0 Å². The van der Waals surface area contributed by atoms with Gasteiger partial charge >= 0.3 is 0 Å². The van der Waals surface area contributed by atoms with E-state index in [1.54, 1.807) is 25.5 Å². The number of aliphatic hydroxyl groups is 1. The number of hydrogen-bond donors (Lipinski definition) is 3. The van der Waals surface area contributed by atoms with Gasteiger partial charge in [-0.05, 0) is 25.5 Å². The van der Waals surface area contributed by atoms with Crippen LogP contribution in [0.4, 0.5) is 5.69 Å². The number of aromatic hydroxyl groups is 1. The third-order valence-corrected chi connectivity index (χ3v) is 3.10. The Morgan fingerprint density at radius 2 is 2.05 bits per heavy atom. The molecule has 0 aliphatic heterocycles. The molecule has 2 aromatic heterocycles. The van der Waals surface area contributed by atoms with Crippen LogP contribution in [0.15, 0.2) is 24.7 Å². The Balaban J connectivity index is 2.24. The maximum atomic E-state index is 10.0. The molecule has 19 heavy (non-hydrogen) atoms. The molecule has 0 spiro atoms. The van der Waals surface area contributed by atoms with Crippen molar-refractivity contribution in [2.75, 3.05) is 5.32 Å². The molecule has 2 aromatic rings. The number of nitrogens with one attached hydrogen (secondary N) is 1. The quantitative estimate of drug-likeness (QED) is 0.781. The first-order chi connectivity index (χ1) is 9.13. The summed E-state index contributed by atoms with van der Waals surface area (Å²) < 4.78 is 0. The van der Waals surface area contributed by atoms with Crippen LogP contribution in [0.5, 0.6) is 5.75 Å². The predicted octanol–water partition coefficient (Wildman–Crippen LogP) is 1.90. The molecule has 0 saturated heterocycles. The Labute approximate surface area is 112 Å². The van der Waals surface area contributed by atoms with E-state index in [0.29, 0.717) is 23.4 Å². The van der Waals surface area contributed by atoms with E-state index in [1.165, 1.54) is 0 Å². The third kappa shape index (κ3) is 2.82. The zero-order chi connectivity index (χ0) is 13.8. The molecule has 0 unspecified atom stereocenters. The summed E-state index contributed by atoms with van der Waals surface area (Å²) in [5, 5.41) is 22.5. The molecule has 0 aliphatic carbocycles. The van der Waals surface area contributed by atoms with Gasteiger partial charge in [-0.15, -0.1) is 0 Å². The summed E-state index contributed by atoms with van der Waals surface area (Å²) in [6.07, 6.45) is 5.05. The summed E-state index contributed by atoms with van der Waals surface area (Å²) in [6.45, 7) is 3.98. The zero-order valence-electron chi connectivity index (χ0n) is 11.0. The van der Waals surface area contributed by atoms with Crippen molar-refractivity contribution in [3.8, 4) is 5.75 Å². The highest BCUT2D eigenvalue weighted by atomic mass is 16.3. The molecule has 2 heterocycles. The molecule has 0 fully saturated rings. The van der Waals surface area contributed by atoms with Crippen molar-refractivity contribution in [2.24, 2.45) is 0 Å². The SMILES string of the molecule is Cc1ccncc1NCc1c(CO)cnc(C)c1O. The topological polar surface area (TPSA) is 78.3 Å². The second kappa shape index (κ2) is 5.67. The first-order valence-corrected chi connectivity index (χ1v) is 6.05. The summed E-state index contributed by atoms with van der Waals surface area (Å²) in [4.78, 5) is 8.09. The van der Waals surface area contributed by atoms with Crippen LogP contribution in [0, 0.1) is 13.8 Å². The molecule has 2 rings (SSSR count). The highest BCUT2D eigenvalue weighted by molar-refractivity contribution is 5.50. The van der Waals surface area contributed by atoms with Crippen LogP contribution < -0.4 is 5.32 Å². The zero-order valence-corrected chi connectivity index (χ0v) is 11.0. The first kappa shape index (κ1) is 13.3. The Kier molecular flexibility index (Phi) is 3.97. The standard InChI is InChI=1S/C14H17N3O2/c1-9-3-4-15-7-13(9)17-6-12-11(8-18)5-16-10(2)14(12)19/h3-5,7,17-19H,6,8H2,1-2H3. The van der Waals surface area contributed by atoms with Crippen LogP contribution in [0.2, 0.25) is 0 Å². The molecule has 0 bridgehead atoms. The monoisotopic (exact) mass is 259 g/mol. The number of aryl methyl sites for hydroxylation is 2. The number of nitrogens with zero attached hydrogens (tertiary/aromatic N) is 2. The molecule has 5 heteroatoms. The van der Waals surface area contributed by atoms with Gasteiger partial charge in [-0.3, -0.25) is 9.97 Å². The van der Waals surface area contributed by atoms with Crippen LogP contribution in [0.25, 0.3) is 0 Å². The predicted molar refractivity (Wildman–Crippen MR) is 72.9 cm³/mol. The van der Waals surface area contributed by atoms with Crippen molar-refractivity contribution in [2.45, 2.75) is 27.0 Å². The van der Waals surface area contributed by atoms with Crippen molar-refractivity contribution in [1.29, 1.82) is 0 Å². The van der Waals surface area contributed by atoms with Crippen LogP contribution in [0.3, 0.4) is 0 Å². The van der Waals surface area contributed by atoms with E-state index >= 15 is 0 Å². The average Bonchev–Trinajstić information content (AvgIpc) is 2.42. The fourth-order valence-corrected chi connectivity index (χ4v) is 1.85. The van der Waals surface area contributed by atoms with E-state index in [9.17, 15) is 10.2 Å². The van der Waals surface area contributed by atoms with Gasteiger partial charge in [-0.1, -0.05) is 0 Å². The molecule has 0 amide bonds. The van der Waals surface area contributed by atoms with Gasteiger partial charge in [0, 0.05) is 30.1 Å². The highest BCUT2D eigenvalue weighted by Crippen LogP contribution is 2.25. The molecular weight excluding hydrogens is 242 g/mol. The van der Waals surface area contributed by atoms with Gasteiger partial charge < -0.3 is 15.5 Å². The fraction of sp³-hybridized carbons (Fsp3) is 0.286.